The molecule has 0 bridgehead atoms. The van der Waals surface area contributed by atoms with Gasteiger partial charge in [-0.2, -0.15) is 4.39 Å². The van der Waals surface area contributed by atoms with E-state index in [4.69, 9.17) is 0 Å². The molecule has 0 saturated heterocycles. The number of nitro benzene ring substituents is 1. The van der Waals surface area contributed by atoms with Gasteiger partial charge in [0.2, 0.25) is 5.82 Å². The van der Waals surface area contributed by atoms with Gasteiger partial charge in [-0.15, -0.1) is 0 Å². The highest BCUT2D eigenvalue weighted by molar-refractivity contribution is 5.53. The molecule has 0 atom stereocenters. The summed E-state index contributed by atoms with van der Waals surface area (Å²) >= 11 is 0. The monoisotopic (exact) mass is 282 g/mol. The van der Waals surface area contributed by atoms with E-state index in [9.17, 15) is 18.9 Å². The number of aromatic nitrogens is 2. The molecule has 0 aliphatic carbocycles. The van der Waals surface area contributed by atoms with E-state index in [0.29, 0.717) is 12.6 Å². The van der Waals surface area contributed by atoms with Crippen molar-refractivity contribution in [1.82, 2.24) is 9.55 Å². The molecule has 0 fully saturated rings. The quantitative estimate of drug-likeness (QED) is 0.676. The molecular weight excluding hydrogens is 270 g/mol. The van der Waals surface area contributed by atoms with Crippen LogP contribution in [0.3, 0.4) is 0 Å². The molecule has 2 aromatic rings. The average molecular weight is 282 g/mol. The fraction of sp³-hybridized carbons (Fsp3) is 0.250. The third kappa shape index (κ3) is 2.73. The summed E-state index contributed by atoms with van der Waals surface area (Å²) in [6.45, 7) is 2.85. The molecule has 0 aliphatic rings. The number of imidazole rings is 1. The van der Waals surface area contributed by atoms with Gasteiger partial charge < -0.3 is 9.88 Å². The van der Waals surface area contributed by atoms with Crippen LogP contribution in [0.4, 0.5) is 20.2 Å². The Hall–Kier alpha value is -2.51. The van der Waals surface area contributed by atoms with E-state index in [0.717, 1.165) is 11.8 Å². The lowest BCUT2D eigenvalue weighted by Crippen LogP contribution is -2.08. The van der Waals surface area contributed by atoms with Crippen molar-refractivity contribution in [2.45, 2.75) is 20.0 Å². The van der Waals surface area contributed by atoms with Crippen molar-refractivity contribution in [3.05, 3.63) is 52.1 Å². The fourth-order valence-corrected chi connectivity index (χ4v) is 1.78. The number of benzene rings is 1. The van der Waals surface area contributed by atoms with Crippen LogP contribution in [0.25, 0.3) is 0 Å². The number of hydrogen-bond donors (Lipinski definition) is 1. The van der Waals surface area contributed by atoms with Gasteiger partial charge >= 0.3 is 5.69 Å². The molecule has 1 heterocycles. The zero-order valence-corrected chi connectivity index (χ0v) is 10.6. The molecule has 0 aliphatic heterocycles. The first kappa shape index (κ1) is 13.9. The predicted molar refractivity (Wildman–Crippen MR) is 68.2 cm³/mol. The summed E-state index contributed by atoms with van der Waals surface area (Å²) in [7, 11) is 0. The van der Waals surface area contributed by atoms with Crippen molar-refractivity contribution in [1.29, 1.82) is 0 Å². The molecule has 1 aromatic heterocycles. The third-order valence-electron chi connectivity index (χ3n) is 2.83. The Morgan fingerprint density at radius 3 is 2.80 bits per heavy atom. The van der Waals surface area contributed by atoms with Crippen LogP contribution in [-0.4, -0.2) is 14.5 Å². The van der Waals surface area contributed by atoms with Gasteiger partial charge in [0.1, 0.15) is 5.82 Å². The Morgan fingerprint density at radius 2 is 2.15 bits per heavy atom. The van der Waals surface area contributed by atoms with Crippen molar-refractivity contribution >= 4 is 11.4 Å². The van der Waals surface area contributed by atoms with Crippen molar-refractivity contribution in [3.63, 3.8) is 0 Å². The summed E-state index contributed by atoms with van der Waals surface area (Å²) in [5.41, 5.74) is -0.0984. The number of hydrogen-bond acceptors (Lipinski definition) is 4. The maximum atomic E-state index is 13.6. The van der Waals surface area contributed by atoms with Crippen molar-refractivity contribution < 1.29 is 13.7 Å². The first-order chi connectivity index (χ1) is 9.52. The summed E-state index contributed by atoms with van der Waals surface area (Å²) in [4.78, 5) is 13.7. The number of nitrogens with zero attached hydrogens (tertiary/aromatic N) is 3. The number of anilines is 1. The number of rotatable bonds is 5. The minimum absolute atomic E-state index is 0.123. The highest BCUT2D eigenvalue weighted by Crippen LogP contribution is 2.25. The molecule has 0 amide bonds. The second-order valence-corrected chi connectivity index (χ2v) is 4.07. The second-order valence-electron chi connectivity index (χ2n) is 4.07. The van der Waals surface area contributed by atoms with E-state index in [1.54, 1.807) is 12.5 Å². The van der Waals surface area contributed by atoms with Gasteiger partial charge in [-0.3, -0.25) is 10.1 Å². The van der Waals surface area contributed by atoms with Crippen LogP contribution in [0.1, 0.15) is 12.6 Å². The van der Waals surface area contributed by atoms with Gasteiger partial charge in [-0.05, 0) is 6.92 Å². The molecule has 0 spiro atoms. The van der Waals surface area contributed by atoms with Crippen LogP contribution in [0.15, 0.2) is 24.7 Å². The summed E-state index contributed by atoms with van der Waals surface area (Å²) in [5.74, 6) is -2.08. The van der Waals surface area contributed by atoms with E-state index in [2.05, 4.69) is 10.3 Å². The Bertz CT molecular complexity index is 642. The maximum absolute atomic E-state index is 13.6. The molecule has 8 heteroatoms. The minimum atomic E-state index is -1.20. The maximum Gasteiger partial charge on any atom is 0.307 e. The molecule has 106 valence electrons. The van der Waals surface area contributed by atoms with Crippen LogP contribution >= 0.6 is 0 Å². The molecule has 0 radical (unpaired) electrons. The molecule has 0 unspecified atom stereocenters. The zero-order valence-electron chi connectivity index (χ0n) is 10.6. The predicted octanol–water partition coefficient (Wildman–Crippen LogP) is 2.70. The molecule has 1 aromatic carbocycles. The second kappa shape index (κ2) is 5.64. The molecule has 20 heavy (non-hydrogen) atoms. The topological polar surface area (TPSA) is 73.0 Å². The Kier molecular flexibility index (Phi) is 3.92. The Balaban J connectivity index is 2.21. The standard InChI is InChI=1S/C12H12F2N4O2/c1-2-17-7-15-5-8(17)6-16-11-4-12(18(19)20)10(14)3-9(11)13/h3-5,7,16H,2,6H2,1H3. The van der Waals surface area contributed by atoms with Gasteiger partial charge in [0.25, 0.3) is 0 Å². The van der Waals surface area contributed by atoms with Crippen LogP contribution < -0.4 is 5.32 Å². The molecule has 1 N–H and O–H groups in total. The molecule has 6 nitrogen and oxygen atoms in total. The summed E-state index contributed by atoms with van der Waals surface area (Å²) in [5, 5.41) is 13.3. The average Bonchev–Trinajstić information content (AvgIpc) is 2.84. The number of nitrogens with one attached hydrogen (secondary N) is 1. The Labute approximate surface area is 113 Å². The Morgan fingerprint density at radius 1 is 1.40 bits per heavy atom. The van der Waals surface area contributed by atoms with Crippen LogP contribution in [0, 0.1) is 21.7 Å². The van der Waals surface area contributed by atoms with Gasteiger partial charge in [0.15, 0.2) is 0 Å². The first-order valence-corrected chi connectivity index (χ1v) is 5.89. The lowest BCUT2D eigenvalue weighted by atomic mass is 10.2. The highest BCUT2D eigenvalue weighted by Gasteiger charge is 2.18. The third-order valence-corrected chi connectivity index (χ3v) is 2.83. The van der Waals surface area contributed by atoms with E-state index in [-0.39, 0.29) is 12.2 Å². The van der Waals surface area contributed by atoms with Crippen LogP contribution in [0.2, 0.25) is 0 Å². The summed E-state index contributed by atoms with van der Waals surface area (Å²) < 4.78 is 28.6. The first-order valence-electron chi connectivity index (χ1n) is 5.89. The zero-order chi connectivity index (χ0) is 14.7. The minimum Gasteiger partial charge on any atom is -0.377 e. The lowest BCUT2D eigenvalue weighted by molar-refractivity contribution is -0.387. The number of halogens is 2. The van der Waals surface area contributed by atoms with E-state index < -0.39 is 22.2 Å². The van der Waals surface area contributed by atoms with Gasteiger partial charge in [-0.25, -0.2) is 9.37 Å². The van der Waals surface area contributed by atoms with E-state index in [1.165, 1.54) is 0 Å². The SMILES string of the molecule is CCn1cncc1CNc1cc([N+](=O)[O-])c(F)cc1F. The smallest absolute Gasteiger partial charge is 0.307 e. The van der Waals surface area contributed by atoms with Crippen molar-refractivity contribution in [3.8, 4) is 0 Å². The van der Waals surface area contributed by atoms with Gasteiger partial charge in [0, 0.05) is 24.9 Å². The number of aryl methyl sites for hydroxylation is 1. The lowest BCUT2D eigenvalue weighted by Gasteiger charge is -2.09. The van der Waals surface area contributed by atoms with Crippen LogP contribution in [0.5, 0.6) is 0 Å². The fourth-order valence-electron chi connectivity index (χ4n) is 1.78. The summed E-state index contributed by atoms with van der Waals surface area (Å²) in [6, 6.07) is 1.34. The molecule has 2 rings (SSSR count). The van der Waals surface area contributed by atoms with Crippen molar-refractivity contribution in [2.75, 3.05) is 5.32 Å². The highest BCUT2D eigenvalue weighted by atomic mass is 19.1. The summed E-state index contributed by atoms with van der Waals surface area (Å²) in [6.07, 6.45) is 3.23. The van der Waals surface area contributed by atoms with Crippen molar-refractivity contribution in [2.24, 2.45) is 0 Å². The largest absolute Gasteiger partial charge is 0.377 e. The number of nitro groups is 1. The molecule has 0 saturated carbocycles. The van der Waals surface area contributed by atoms with Gasteiger partial charge in [0.05, 0.1) is 29.2 Å². The van der Waals surface area contributed by atoms with E-state index in [1.807, 2.05) is 11.5 Å². The molecular formula is C12H12F2N4O2. The normalized spacial score (nSPS) is 10.6. The van der Waals surface area contributed by atoms with Crippen LogP contribution in [-0.2, 0) is 13.1 Å². The van der Waals surface area contributed by atoms with E-state index >= 15 is 0 Å². The van der Waals surface area contributed by atoms with Gasteiger partial charge in [-0.1, -0.05) is 0 Å².